The van der Waals surface area contributed by atoms with Crippen molar-refractivity contribution in [2.75, 3.05) is 33.4 Å². The van der Waals surface area contributed by atoms with Crippen LogP contribution in [0.4, 0.5) is 0 Å². The smallest absolute Gasteiger partial charge is 0.240 e. The van der Waals surface area contributed by atoms with E-state index in [1.165, 1.54) is 0 Å². The van der Waals surface area contributed by atoms with Crippen LogP contribution in [0.3, 0.4) is 0 Å². The van der Waals surface area contributed by atoms with Gasteiger partial charge < -0.3 is 19.5 Å². The van der Waals surface area contributed by atoms with Crippen molar-refractivity contribution in [2.45, 2.75) is 31.4 Å². The quantitative estimate of drug-likeness (QED) is 0.725. The predicted molar refractivity (Wildman–Crippen MR) is 66.4 cm³/mol. The lowest BCUT2D eigenvalue weighted by Crippen LogP contribution is -2.50. The summed E-state index contributed by atoms with van der Waals surface area (Å²) in [7, 11) is 1.63. The Hall–Kier alpha value is -1.02. The van der Waals surface area contributed by atoms with Crippen molar-refractivity contribution in [3.8, 4) is 0 Å². The average Bonchev–Trinajstić information content (AvgIpc) is 2.84. The standard InChI is InChI=1S/C12H21N3O4/c1-18-6-3-10-13-11(19-14-10)7-15-5-2-4-12(17,8-15)9-16/h16-17H,2-9H2,1H3/t12-/m0/s1. The number of methoxy groups -OCH3 is 1. The fraction of sp³-hybridized carbons (Fsp3) is 0.833. The summed E-state index contributed by atoms with van der Waals surface area (Å²) < 4.78 is 10.1. The molecule has 0 spiro atoms. The van der Waals surface area contributed by atoms with Crippen molar-refractivity contribution >= 4 is 0 Å². The molecule has 7 nitrogen and oxygen atoms in total. The van der Waals surface area contributed by atoms with Crippen molar-refractivity contribution in [3.63, 3.8) is 0 Å². The summed E-state index contributed by atoms with van der Waals surface area (Å²) in [5.41, 5.74) is -1.00. The highest BCUT2D eigenvalue weighted by atomic mass is 16.5. The highest BCUT2D eigenvalue weighted by Crippen LogP contribution is 2.21. The van der Waals surface area contributed by atoms with Crippen LogP contribution in [-0.4, -0.2) is 64.3 Å². The van der Waals surface area contributed by atoms with Crippen LogP contribution in [0.1, 0.15) is 24.6 Å². The fourth-order valence-corrected chi connectivity index (χ4v) is 2.31. The number of aliphatic hydroxyl groups excluding tert-OH is 1. The van der Waals surface area contributed by atoms with E-state index in [0.717, 1.165) is 13.0 Å². The highest BCUT2D eigenvalue weighted by Gasteiger charge is 2.33. The van der Waals surface area contributed by atoms with Gasteiger partial charge in [0.1, 0.15) is 5.60 Å². The number of hydrogen-bond acceptors (Lipinski definition) is 7. The first-order chi connectivity index (χ1) is 9.15. The number of ether oxygens (including phenoxy) is 1. The van der Waals surface area contributed by atoms with Crippen molar-refractivity contribution in [3.05, 3.63) is 11.7 Å². The number of rotatable bonds is 6. The van der Waals surface area contributed by atoms with Gasteiger partial charge in [-0.1, -0.05) is 5.16 Å². The molecular weight excluding hydrogens is 250 g/mol. The van der Waals surface area contributed by atoms with Crippen molar-refractivity contribution in [1.29, 1.82) is 0 Å². The van der Waals surface area contributed by atoms with Crippen LogP contribution < -0.4 is 0 Å². The number of nitrogens with zero attached hydrogens (tertiary/aromatic N) is 3. The molecule has 1 aromatic heterocycles. The number of likely N-dealkylation sites (tertiary alicyclic amines) is 1. The van der Waals surface area contributed by atoms with Gasteiger partial charge >= 0.3 is 0 Å². The molecule has 0 aromatic carbocycles. The maximum absolute atomic E-state index is 10.1. The zero-order valence-electron chi connectivity index (χ0n) is 11.2. The Morgan fingerprint density at radius 2 is 2.37 bits per heavy atom. The molecule has 0 amide bonds. The molecule has 0 aliphatic carbocycles. The monoisotopic (exact) mass is 271 g/mol. The lowest BCUT2D eigenvalue weighted by molar-refractivity contribution is -0.0702. The van der Waals surface area contributed by atoms with Gasteiger partial charge in [0.05, 0.1) is 19.8 Å². The molecule has 2 heterocycles. The summed E-state index contributed by atoms with van der Waals surface area (Å²) in [5.74, 6) is 1.17. The zero-order chi connectivity index (χ0) is 13.7. The molecule has 0 radical (unpaired) electrons. The Morgan fingerprint density at radius 1 is 1.53 bits per heavy atom. The molecule has 0 saturated carbocycles. The molecule has 1 aromatic rings. The second-order valence-electron chi connectivity index (χ2n) is 5.04. The minimum atomic E-state index is -1.00. The third-order valence-electron chi connectivity index (χ3n) is 3.33. The van der Waals surface area contributed by atoms with Crippen LogP contribution in [0.2, 0.25) is 0 Å². The normalized spacial score (nSPS) is 24.8. The molecule has 108 valence electrons. The Labute approximate surface area is 112 Å². The van der Waals surface area contributed by atoms with Crippen molar-refractivity contribution < 1.29 is 19.5 Å². The molecule has 2 N–H and O–H groups in total. The average molecular weight is 271 g/mol. The number of piperidine rings is 1. The van der Waals surface area contributed by atoms with Gasteiger partial charge in [-0.2, -0.15) is 4.98 Å². The van der Waals surface area contributed by atoms with Crippen LogP contribution in [0.15, 0.2) is 4.52 Å². The van der Waals surface area contributed by atoms with Gasteiger partial charge in [0.2, 0.25) is 5.89 Å². The molecule has 1 atom stereocenters. The molecule has 0 unspecified atom stereocenters. The van der Waals surface area contributed by atoms with Crippen molar-refractivity contribution in [1.82, 2.24) is 15.0 Å². The molecule has 1 saturated heterocycles. The maximum Gasteiger partial charge on any atom is 0.240 e. The first-order valence-corrected chi connectivity index (χ1v) is 6.51. The Morgan fingerprint density at radius 3 is 3.11 bits per heavy atom. The van der Waals surface area contributed by atoms with Gasteiger partial charge in [0.25, 0.3) is 0 Å². The van der Waals surface area contributed by atoms with E-state index >= 15 is 0 Å². The molecular formula is C12H21N3O4. The summed E-state index contributed by atoms with van der Waals surface area (Å²) in [4.78, 5) is 6.29. The largest absolute Gasteiger partial charge is 0.393 e. The second kappa shape index (κ2) is 6.42. The molecule has 2 rings (SSSR count). The predicted octanol–water partition coefficient (Wildman–Crippen LogP) is -0.422. The zero-order valence-corrected chi connectivity index (χ0v) is 11.2. The summed E-state index contributed by atoms with van der Waals surface area (Å²) in [6.07, 6.45) is 2.10. The number of aromatic nitrogens is 2. The van der Waals surface area contributed by atoms with Crippen LogP contribution in [0, 0.1) is 0 Å². The SMILES string of the molecule is COCCc1noc(CN2CCC[C@@](O)(CO)C2)n1. The van der Waals surface area contributed by atoms with E-state index in [1.54, 1.807) is 7.11 Å². The molecule has 1 aliphatic heterocycles. The lowest BCUT2D eigenvalue weighted by atomic mass is 9.94. The Balaban J connectivity index is 1.88. The van der Waals surface area contributed by atoms with Gasteiger partial charge in [-0.3, -0.25) is 4.90 Å². The van der Waals surface area contributed by atoms with E-state index in [1.807, 2.05) is 4.90 Å². The Kier molecular flexibility index (Phi) is 4.87. The van der Waals surface area contributed by atoms with Gasteiger partial charge in [0.15, 0.2) is 5.82 Å². The van der Waals surface area contributed by atoms with E-state index in [2.05, 4.69) is 10.1 Å². The minimum Gasteiger partial charge on any atom is -0.393 e. The summed E-state index contributed by atoms with van der Waals surface area (Å²) in [6, 6.07) is 0. The van der Waals surface area contributed by atoms with Gasteiger partial charge in [-0.25, -0.2) is 0 Å². The maximum atomic E-state index is 10.1. The number of hydrogen-bond donors (Lipinski definition) is 2. The minimum absolute atomic E-state index is 0.216. The highest BCUT2D eigenvalue weighted by molar-refractivity contribution is 4.91. The molecule has 1 aliphatic rings. The topological polar surface area (TPSA) is 91.9 Å². The van der Waals surface area contributed by atoms with Crippen LogP contribution in [-0.2, 0) is 17.7 Å². The summed E-state index contributed by atoms with van der Waals surface area (Å²) in [5, 5.41) is 23.1. The summed E-state index contributed by atoms with van der Waals surface area (Å²) >= 11 is 0. The number of β-amino-alcohol motifs (C(OH)–C–C–N with tert-alkyl or cyclic N) is 1. The summed E-state index contributed by atoms with van der Waals surface area (Å²) in [6.45, 7) is 2.14. The van der Waals surface area contributed by atoms with E-state index < -0.39 is 5.60 Å². The first kappa shape index (κ1) is 14.4. The fourth-order valence-electron chi connectivity index (χ4n) is 2.31. The third-order valence-corrected chi connectivity index (χ3v) is 3.33. The molecule has 19 heavy (non-hydrogen) atoms. The third kappa shape index (κ3) is 3.97. The number of aliphatic hydroxyl groups is 2. The van der Waals surface area contributed by atoms with Gasteiger partial charge in [0, 0.05) is 20.1 Å². The van der Waals surface area contributed by atoms with E-state index in [-0.39, 0.29) is 6.61 Å². The Bertz CT molecular complexity index is 398. The van der Waals surface area contributed by atoms with Crippen LogP contribution in [0.5, 0.6) is 0 Å². The van der Waals surface area contributed by atoms with Crippen LogP contribution >= 0.6 is 0 Å². The van der Waals surface area contributed by atoms with Gasteiger partial charge in [-0.15, -0.1) is 0 Å². The van der Waals surface area contributed by atoms with Gasteiger partial charge in [-0.05, 0) is 19.4 Å². The first-order valence-electron chi connectivity index (χ1n) is 6.51. The van der Waals surface area contributed by atoms with E-state index in [0.29, 0.717) is 44.3 Å². The van der Waals surface area contributed by atoms with Crippen molar-refractivity contribution in [2.24, 2.45) is 0 Å². The molecule has 0 bridgehead atoms. The van der Waals surface area contributed by atoms with E-state index in [9.17, 15) is 10.2 Å². The van der Waals surface area contributed by atoms with Crippen LogP contribution in [0.25, 0.3) is 0 Å². The van der Waals surface area contributed by atoms with E-state index in [4.69, 9.17) is 9.26 Å². The second-order valence-corrected chi connectivity index (χ2v) is 5.04. The molecule has 1 fully saturated rings. The molecule has 7 heteroatoms. The lowest BCUT2D eigenvalue weighted by Gasteiger charge is -2.37.